The van der Waals surface area contributed by atoms with Crippen LogP contribution in [0, 0.1) is 6.92 Å². The molecule has 0 amide bonds. The number of anilines is 1. The van der Waals surface area contributed by atoms with Crippen LogP contribution in [0.4, 0.5) is 10.5 Å². The van der Waals surface area contributed by atoms with Gasteiger partial charge >= 0.3 is 6.16 Å². The number of aryl methyl sites for hydroxylation is 1. The topological polar surface area (TPSA) is 38.8 Å². The van der Waals surface area contributed by atoms with E-state index in [0.717, 1.165) is 18.7 Å². The van der Waals surface area contributed by atoms with Gasteiger partial charge in [0.1, 0.15) is 12.4 Å². The van der Waals surface area contributed by atoms with Gasteiger partial charge < -0.3 is 14.4 Å². The maximum atomic E-state index is 12.1. The zero-order valence-corrected chi connectivity index (χ0v) is 18.6. The van der Waals surface area contributed by atoms with Crippen LogP contribution in [0.5, 0.6) is 5.75 Å². The molecule has 0 saturated carbocycles. The molecule has 4 nitrogen and oxygen atoms in total. The normalized spacial score (nSPS) is 11.6. The van der Waals surface area contributed by atoms with E-state index in [1.807, 2.05) is 36.4 Å². The monoisotopic (exact) mass is 417 g/mol. The summed E-state index contributed by atoms with van der Waals surface area (Å²) in [6, 6.07) is 26.4. The Labute approximate surface area is 185 Å². The second-order valence-corrected chi connectivity index (χ2v) is 7.78. The second-order valence-electron chi connectivity index (χ2n) is 7.78. The van der Waals surface area contributed by atoms with Crippen molar-refractivity contribution in [3.63, 3.8) is 0 Å². The third kappa shape index (κ3) is 6.88. The Morgan fingerprint density at radius 1 is 0.968 bits per heavy atom. The van der Waals surface area contributed by atoms with E-state index >= 15 is 0 Å². The number of carbonyl (C=O) groups excluding carboxylic acids is 1. The molecule has 0 N–H and O–H groups in total. The number of carbonyl (C=O) groups is 1. The highest BCUT2D eigenvalue weighted by Crippen LogP contribution is 2.23. The first-order valence-electron chi connectivity index (χ1n) is 10.8. The molecular weight excluding hydrogens is 386 g/mol. The average Bonchev–Trinajstić information content (AvgIpc) is 2.78. The fourth-order valence-electron chi connectivity index (χ4n) is 3.61. The van der Waals surface area contributed by atoms with Crippen LogP contribution in [0.15, 0.2) is 78.9 Å². The van der Waals surface area contributed by atoms with Gasteiger partial charge in [0.25, 0.3) is 0 Å². The van der Waals surface area contributed by atoms with Crippen LogP contribution in [-0.4, -0.2) is 25.9 Å². The lowest BCUT2D eigenvalue weighted by atomic mass is 9.94. The molecule has 1 unspecified atom stereocenters. The van der Waals surface area contributed by atoms with Crippen LogP contribution in [0.2, 0.25) is 0 Å². The van der Waals surface area contributed by atoms with Gasteiger partial charge in [-0.2, -0.15) is 0 Å². The Bertz CT molecular complexity index is 954. The zero-order valence-electron chi connectivity index (χ0n) is 18.6. The number of rotatable bonds is 9. The molecule has 0 aliphatic carbocycles. The molecule has 0 aliphatic rings. The molecule has 0 heterocycles. The van der Waals surface area contributed by atoms with E-state index < -0.39 is 6.16 Å². The molecule has 0 saturated heterocycles. The van der Waals surface area contributed by atoms with Gasteiger partial charge in [0, 0.05) is 12.2 Å². The van der Waals surface area contributed by atoms with Gasteiger partial charge in [-0.3, -0.25) is 0 Å². The lowest BCUT2D eigenvalue weighted by Gasteiger charge is -2.23. The lowest BCUT2D eigenvalue weighted by Crippen LogP contribution is -2.28. The van der Waals surface area contributed by atoms with E-state index in [2.05, 4.69) is 68.1 Å². The van der Waals surface area contributed by atoms with Gasteiger partial charge in [0.2, 0.25) is 0 Å². The summed E-state index contributed by atoms with van der Waals surface area (Å²) in [6.07, 6.45) is 0.295. The number of nitrogens with zero attached hydrogens (tertiary/aromatic N) is 1. The molecule has 0 fully saturated rings. The van der Waals surface area contributed by atoms with Gasteiger partial charge in [-0.1, -0.05) is 61.5 Å². The summed E-state index contributed by atoms with van der Waals surface area (Å²) in [5.41, 5.74) is 4.85. The third-order valence-electron chi connectivity index (χ3n) is 5.36. The predicted molar refractivity (Wildman–Crippen MR) is 126 cm³/mol. The van der Waals surface area contributed by atoms with Gasteiger partial charge in [0.15, 0.2) is 0 Å². The molecule has 0 radical (unpaired) electrons. The van der Waals surface area contributed by atoms with E-state index in [0.29, 0.717) is 18.2 Å². The summed E-state index contributed by atoms with van der Waals surface area (Å²) in [7, 11) is 0. The first-order valence-corrected chi connectivity index (χ1v) is 10.8. The highest BCUT2D eigenvalue weighted by molar-refractivity contribution is 5.63. The Hall–Kier alpha value is -3.27. The van der Waals surface area contributed by atoms with Gasteiger partial charge in [0.05, 0.1) is 6.54 Å². The summed E-state index contributed by atoms with van der Waals surface area (Å²) >= 11 is 0. The molecule has 0 aliphatic heterocycles. The molecule has 4 heteroatoms. The maximum Gasteiger partial charge on any atom is 0.513 e. The van der Waals surface area contributed by atoms with Gasteiger partial charge in [-0.05, 0) is 67.1 Å². The Morgan fingerprint density at radius 2 is 1.71 bits per heavy atom. The molecule has 3 rings (SSSR count). The van der Waals surface area contributed by atoms with Crippen LogP contribution < -0.4 is 9.64 Å². The molecule has 0 spiro atoms. The number of hydrogen-bond acceptors (Lipinski definition) is 4. The summed E-state index contributed by atoms with van der Waals surface area (Å²) in [4.78, 5) is 14.2. The molecule has 1 atom stereocenters. The first-order chi connectivity index (χ1) is 15.0. The zero-order chi connectivity index (χ0) is 22.1. The largest absolute Gasteiger partial charge is 0.513 e. The fourth-order valence-corrected chi connectivity index (χ4v) is 3.61. The minimum atomic E-state index is -0.676. The van der Waals surface area contributed by atoms with E-state index in [1.165, 1.54) is 16.7 Å². The third-order valence-corrected chi connectivity index (χ3v) is 5.36. The van der Waals surface area contributed by atoms with E-state index in [1.54, 1.807) is 0 Å². The lowest BCUT2D eigenvalue weighted by molar-refractivity contribution is 0.101. The van der Waals surface area contributed by atoms with Crippen molar-refractivity contribution in [1.82, 2.24) is 0 Å². The van der Waals surface area contributed by atoms with Crippen molar-refractivity contribution in [2.75, 3.05) is 24.6 Å². The van der Waals surface area contributed by atoms with Gasteiger partial charge in [-0.15, -0.1) is 0 Å². The Kier molecular flexibility index (Phi) is 8.11. The Morgan fingerprint density at radius 3 is 2.39 bits per heavy atom. The number of benzene rings is 3. The Balaban J connectivity index is 1.46. The fraction of sp³-hybridized carbons (Fsp3) is 0.296. The van der Waals surface area contributed by atoms with Crippen molar-refractivity contribution in [2.24, 2.45) is 0 Å². The maximum absolute atomic E-state index is 12.1. The molecule has 31 heavy (non-hydrogen) atoms. The molecule has 0 aromatic heterocycles. The van der Waals surface area contributed by atoms with Crippen LogP contribution in [-0.2, 0) is 11.2 Å². The van der Waals surface area contributed by atoms with Crippen LogP contribution in [0.1, 0.15) is 36.5 Å². The van der Waals surface area contributed by atoms with Crippen molar-refractivity contribution < 1.29 is 14.3 Å². The SMILES string of the molecule is CCN(CCOC(=O)Oc1ccc(C(C)Cc2ccccc2)cc1)c1cccc(C)c1. The summed E-state index contributed by atoms with van der Waals surface area (Å²) < 4.78 is 10.6. The second kappa shape index (κ2) is 11.2. The molecule has 3 aromatic carbocycles. The van der Waals surface area contributed by atoms with Crippen molar-refractivity contribution in [2.45, 2.75) is 33.1 Å². The number of ether oxygens (including phenoxy) is 2. The van der Waals surface area contributed by atoms with Crippen LogP contribution in [0.3, 0.4) is 0 Å². The molecule has 0 bridgehead atoms. The molecule has 3 aromatic rings. The quantitative estimate of drug-likeness (QED) is 0.299. The average molecular weight is 418 g/mol. The molecule has 162 valence electrons. The number of likely N-dealkylation sites (N-methyl/N-ethyl adjacent to an activating group) is 1. The molecular formula is C27H31NO3. The highest BCUT2D eigenvalue weighted by atomic mass is 16.7. The summed E-state index contributed by atoms with van der Waals surface area (Å²) in [5, 5.41) is 0. The van der Waals surface area contributed by atoms with E-state index in [9.17, 15) is 4.79 Å². The van der Waals surface area contributed by atoms with Gasteiger partial charge in [-0.25, -0.2) is 4.79 Å². The van der Waals surface area contributed by atoms with Crippen molar-refractivity contribution in [1.29, 1.82) is 0 Å². The van der Waals surface area contributed by atoms with Crippen LogP contribution in [0.25, 0.3) is 0 Å². The van der Waals surface area contributed by atoms with Crippen LogP contribution >= 0.6 is 0 Å². The summed E-state index contributed by atoms with van der Waals surface area (Å²) in [5.74, 6) is 0.872. The van der Waals surface area contributed by atoms with Crippen molar-refractivity contribution >= 4 is 11.8 Å². The first kappa shape index (κ1) is 22.4. The summed E-state index contributed by atoms with van der Waals surface area (Å²) in [6.45, 7) is 8.08. The number of hydrogen-bond donors (Lipinski definition) is 0. The predicted octanol–water partition coefficient (Wildman–Crippen LogP) is 6.38. The smallest absolute Gasteiger partial charge is 0.432 e. The van der Waals surface area contributed by atoms with E-state index in [4.69, 9.17) is 9.47 Å². The van der Waals surface area contributed by atoms with Crippen molar-refractivity contribution in [3.8, 4) is 5.75 Å². The highest BCUT2D eigenvalue weighted by Gasteiger charge is 2.11. The minimum absolute atomic E-state index is 0.271. The van der Waals surface area contributed by atoms with Crippen molar-refractivity contribution in [3.05, 3.63) is 95.6 Å². The standard InChI is InChI=1S/C27H31NO3/c1-4-28(25-12-8-9-21(2)19-25)17-18-30-27(29)31-26-15-13-24(14-16-26)22(3)20-23-10-6-5-7-11-23/h5-16,19,22H,4,17-18,20H2,1-3H3. The van der Waals surface area contributed by atoms with E-state index in [-0.39, 0.29) is 6.61 Å². The minimum Gasteiger partial charge on any atom is -0.432 e.